The van der Waals surface area contributed by atoms with E-state index in [2.05, 4.69) is 26.8 Å². The molecule has 1 aromatic rings. The lowest BCUT2D eigenvalue weighted by atomic mass is 10.1. The minimum Gasteiger partial charge on any atom is -0.287 e. The summed E-state index contributed by atoms with van der Waals surface area (Å²) in [4.78, 5) is 11.7. The zero-order valence-corrected chi connectivity index (χ0v) is 10.7. The summed E-state index contributed by atoms with van der Waals surface area (Å²) < 4.78 is 0.980. The number of carbonyl (C=O) groups excluding carboxylic acids is 1. The highest BCUT2D eigenvalue weighted by atomic mass is 79.9. The molecule has 1 amide bonds. The fraction of sp³-hybridized carbons (Fsp3) is 0.364. The van der Waals surface area contributed by atoms with Gasteiger partial charge in [-0.2, -0.15) is 0 Å². The van der Waals surface area contributed by atoms with Crippen LogP contribution in [0.4, 0.5) is 0 Å². The third-order valence-electron chi connectivity index (χ3n) is 1.91. The van der Waals surface area contributed by atoms with E-state index >= 15 is 0 Å². The second kappa shape index (κ2) is 5.28. The first-order valence-corrected chi connectivity index (χ1v) is 5.62. The van der Waals surface area contributed by atoms with Gasteiger partial charge in [-0.05, 0) is 44.5 Å². The van der Waals surface area contributed by atoms with E-state index in [4.69, 9.17) is 0 Å². The Bertz CT molecular complexity index is 364. The van der Waals surface area contributed by atoms with E-state index in [1.807, 2.05) is 32.9 Å². The molecule has 0 aromatic heterocycles. The van der Waals surface area contributed by atoms with Crippen molar-refractivity contribution in [3.63, 3.8) is 0 Å². The van der Waals surface area contributed by atoms with Gasteiger partial charge in [-0.1, -0.05) is 15.9 Å². The Labute approximate surface area is 98.4 Å². The minimum absolute atomic E-state index is 0.103. The summed E-state index contributed by atoms with van der Waals surface area (Å²) in [6.07, 6.45) is 0. The summed E-state index contributed by atoms with van der Waals surface area (Å²) in [5.41, 5.74) is 7.17. The van der Waals surface area contributed by atoms with Crippen LogP contribution in [0.1, 0.15) is 29.8 Å². The number of nitrogens with one attached hydrogen (secondary N) is 2. The van der Waals surface area contributed by atoms with Gasteiger partial charge >= 0.3 is 0 Å². The van der Waals surface area contributed by atoms with E-state index < -0.39 is 0 Å². The molecule has 0 spiro atoms. The highest BCUT2D eigenvalue weighted by Crippen LogP contribution is 2.15. The maximum absolute atomic E-state index is 11.7. The number of benzene rings is 1. The van der Waals surface area contributed by atoms with Gasteiger partial charge in [0.1, 0.15) is 0 Å². The van der Waals surface area contributed by atoms with Crippen molar-refractivity contribution in [2.75, 3.05) is 0 Å². The Morgan fingerprint density at radius 1 is 1.40 bits per heavy atom. The topological polar surface area (TPSA) is 41.1 Å². The van der Waals surface area contributed by atoms with Gasteiger partial charge in [0.15, 0.2) is 0 Å². The summed E-state index contributed by atoms with van der Waals surface area (Å²) in [5, 5.41) is 0. The van der Waals surface area contributed by atoms with E-state index in [0.717, 1.165) is 10.0 Å². The first-order valence-electron chi connectivity index (χ1n) is 4.82. The van der Waals surface area contributed by atoms with Crippen molar-refractivity contribution in [2.45, 2.75) is 26.8 Å². The van der Waals surface area contributed by atoms with Crippen molar-refractivity contribution in [1.82, 2.24) is 10.9 Å². The van der Waals surface area contributed by atoms with Crippen molar-refractivity contribution < 1.29 is 4.79 Å². The van der Waals surface area contributed by atoms with Gasteiger partial charge < -0.3 is 0 Å². The summed E-state index contributed by atoms with van der Waals surface area (Å²) in [6, 6.07) is 5.81. The first-order chi connectivity index (χ1) is 7.00. The quantitative estimate of drug-likeness (QED) is 0.829. The van der Waals surface area contributed by atoms with Gasteiger partial charge in [-0.3, -0.25) is 10.2 Å². The van der Waals surface area contributed by atoms with Crippen LogP contribution >= 0.6 is 15.9 Å². The molecule has 0 aliphatic rings. The Hall–Kier alpha value is -0.870. The van der Waals surface area contributed by atoms with Crippen molar-refractivity contribution in [3.05, 3.63) is 33.8 Å². The van der Waals surface area contributed by atoms with E-state index in [0.29, 0.717) is 5.56 Å². The summed E-state index contributed by atoms with van der Waals surface area (Å²) >= 11 is 3.36. The lowest BCUT2D eigenvalue weighted by Crippen LogP contribution is -2.41. The Balaban J connectivity index is 2.74. The molecule has 1 rings (SSSR count). The van der Waals surface area contributed by atoms with Crippen molar-refractivity contribution in [3.8, 4) is 0 Å². The first kappa shape index (κ1) is 12.2. The third kappa shape index (κ3) is 3.64. The number of rotatable bonds is 3. The largest absolute Gasteiger partial charge is 0.287 e. The molecular formula is C11H15BrN2O. The Kier molecular flexibility index (Phi) is 4.29. The van der Waals surface area contributed by atoms with Crippen LogP contribution in [0, 0.1) is 6.92 Å². The maximum atomic E-state index is 11.7. The minimum atomic E-state index is -0.103. The van der Waals surface area contributed by atoms with Crippen LogP contribution in [0.5, 0.6) is 0 Å². The zero-order chi connectivity index (χ0) is 11.4. The molecule has 0 saturated heterocycles. The number of hydrazine groups is 1. The molecule has 82 valence electrons. The van der Waals surface area contributed by atoms with Gasteiger partial charge in [0, 0.05) is 16.1 Å². The van der Waals surface area contributed by atoms with Crippen LogP contribution in [-0.4, -0.2) is 11.9 Å². The van der Waals surface area contributed by atoms with E-state index in [9.17, 15) is 4.79 Å². The number of amides is 1. The van der Waals surface area contributed by atoms with Crippen LogP contribution in [-0.2, 0) is 0 Å². The molecule has 1 aromatic carbocycles. The molecule has 0 atom stereocenters. The smallest absolute Gasteiger partial charge is 0.265 e. The molecule has 0 fully saturated rings. The fourth-order valence-electron chi connectivity index (χ4n) is 1.16. The highest BCUT2D eigenvalue weighted by molar-refractivity contribution is 9.10. The van der Waals surface area contributed by atoms with Gasteiger partial charge in [0.2, 0.25) is 0 Å². The number of carbonyl (C=O) groups is 1. The average molecular weight is 271 g/mol. The zero-order valence-electron chi connectivity index (χ0n) is 9.10. The maximum Gasteiger partial charge on any atom is 0.265 e. The molecule has 0 heterocycles. The van der Waals surface area contributed by atoms with Crippen LogP contribution in [0.15, 0.2) is 22.7 Å². The van der Waals surface area contributed by atoms with Crippen LogP contribution < -0.4 is 10.9 Å². The number of halogens is 1. The summed E-state index contributed by atoms with van der Waals surface area (Å²) in [7, 11) is 0. The predicted octanol–water partition coefficient (Wildman–Crippen LogP) is 2.40. The SMILES string of the molecule is Cc1cc(Br)ccc1C(=O)NNC(C)C. The second-order valence-corrected chi connectivity index (χ2v) is 4.63. The third-order valence-corrected chi connectivity index (χ3v) is 2.40. The van der Waals surface area contributed by atoms with Crippen molar-refractivity contribution >= 4 is 21.8 Å². The number of aryl methyl sites for hydroxylation is 1. The predicted molar refractivity (Wildman–Crippen MR) is 64.6 cm³/mol. The fourth-order valence-corrected chi connectivity index (χ4v) is 1.63. The summed E-state index contributed by atoms with van der Waals surface area (Å²) in [5.74, 6) is -0.103. The molecule has 15 heavy (non-hydrogen) atoms. The van der Waals surface area contributed by atoms with Crippen molar-refractivity contribution in [2.24, 2.45) is 0 Å². The Morgan fingerprint density at radius 2 is 2.07 bits per heavy atom. The molecule has 0 aliphatic heterocycles. The van der Waals surface area contributed by atoms with E-state index in [1.165, 1.54) is 0 Å². The number of hydrogen-bond donors (Lipinski definition) is 2. The molecule has 0 saturated carbocycles. The summed E-state index contributed by atoms with van der Waals surface area (Å²) in [6.45, 7) is 5.85. The van der Waals surface area contributed by atoms with Crippen LogP contribution in [0.2, 0.25) is 0 Å². The highest BCUT2D eigenvalue weighted by Gasteiger charge is 2.08. The normalized spacial score (nSPS) is 10.5. The molecule has 4 heteroatoms. The second-order valence-electron chi connectivity index (χ2n) is 3.71. The lowest BCUT2D eigenvalue weighted by molar-refractivity contribution is 0.0927. The van der Waals surface area contributed by atoms with Gasteiger partial charge in [0.05, 0.1) is 0 Å². The molecular weight excluding hydrogens is 256 g/mol. The van der Waals surface area contributed by atoms with E-state index in [1.54, 1.807) is 6.07 Å². The monoisotopic (exact) mass is 270 g/mol. The molecule has 0 aliphatic carbocycles. The molecule has 0 unspecified atom stereocenters. The van der Waals surface area contributed by atoms with Gasteiger partial charge in [0.25, 0.3) is 5.91 Å². The standard InChI is InChI=1S/C11H15BrN2O/c1-7(2)13-14-11(15)10-5-4-9(12)6-8(10)3/h4-7,13H,1-3H3,(H,14,15). The average Bonchev–Trinajstić information content (AvgIpc) is 2.14. The number of hydrogen-bond acceptors (Lipinski definition) is 2. The van der Waals surface area contributed by atoms with E-state index in [-0.39, 0.29) is 11.9 Å². The lowest BCUT2D eigenvalue weighted by Gasteiger charge is -2.11. The van der Waals surface area contributed by atoms with Crippen molar-refractivity contribution in [1.29, 1.82) is 0 Å². The van der Waals surface area contributed by atoms with Gasteiger partial charge in [-0.25, -0.2) is 5.43 Å². The van der Waals surface area contributed by atoms with Crippen LogP contribution in [0.3, 0.4) is 0 Å². The Morgan fingerprint density at radius 3 is 2.60 bits per heavy atom. The molecule has 3 nitrogen and oxygen atoms in total. The van der Waals surface area contributed by atoms with Crippen LogP contribution in [0.25, 0.3) is 0 Å². The molecule has 2 N–H and O–H groups in total. The van der Waals surface area contributed by atoms with Gasteiger partial charge in [-0.15, -0.1) is 0 Å². The molecule has 0 radical (unpaired) electrons. The molecule has 0 bridgehead atoms.